The third-order valence-corrected chi connectivity index (χ3v) is 1.94. The first kappa shape index (κ1) is 8.75. The zero-order chi connectivity index (χ0) is 8.10. The lowest BCUT2D eigenvalue weighted by atomic mass is 10.1. The minimum Gasteiger partial charge on any atom is -0.381 e. The predicted octanol–water partition coefficient (Wildman–Crippen LogP) is 1.19. The van der Waals surface area contributed by atoms with Gasteiger partial charge in [-0.05, 0) is 20.4 Å². The summed E-state index contributed by atoms with van der Waals surface area (Å²) in [5, 5.41) is 3.13. The molecule has 0 aliphatic carbocycles. The maximum atomic E-state index is 5.27. The fourth-order valence-corrected chi connectivity index (χ4v) is 1.42. The van der Waals surface area contributed by atoms with Gasteiger partial charge in [-0.2, -0.15) is 0 Å². The molecule has 2 heteroatoms. The van der Waals surface area contributed by atoms with Crippen molar-refractivity contribution in [1.82, 2.24) is 5.32 Å². The van der Waals surface area contributed by atoms with E-state index in [-0.39, 0.29) is 0 Å². The van der Waals surface area contributed by atoms with Gasteiger partial charge in [0.15, 0.2) is 0 Å². The number of hydrogen-bond acceptors (Lipinski definition) is 2. The third kappa shape index (κ3) is 3.04. The summed E-state index contributed by atoms with van der Waals surface area (Å²) in [5.41, 5.74) is 1.42. The summed E-state index contributed by atoms with van der Waals surface area (Å²) in [4.78, 5) is 0. The Morgan fingerprint density at radius 1 is 1.73 bits per heavy atom. The van der Waals surface area contributed by atoms with Gasteiger partial charge < -0.3 is 10.1 Å². The molecule has 2 nitrogen and oxygen atoms in total. The van der Waals surface area contributed by atoms with E-state index in [0.29, 0.717) is 5.92 Å². The Morgan fingerprint density at radius 3 is 3.09 bits per heavy atom. The van der Waals surface area contributed by atoms with Crippen LogP contribution in [0.1, 0.15) is 13.3 Å². The van der Waals surface area contributed by atoms with Gasteiger partial charge in [0.25, 0.3) is 0 Å². The number of hydrogen-bond donors (Lipinski definition) is 1. The molecule has 11 heavy (non-hydrogen) atoms. The molecule has 0 bridgehead atoms. The van der Waals surface area contributed by atoms with Gasteiger partial charge in [0.05, 0.1) is 6.61 Å². The summed E-state index contributed by atoms with van der Waals surface area (Å²) in [6, 6.07) is 0. The van der Waals surface area contributed by atoms with Crippen LogP contribution in [0.3, 0.4) is 0 Å². The highest BCUT2D eigenvalue weighted by Gasteiger charge is 2.12. The molecular formula is C9H17NO. The minimum atomic E-state index is 0.670. The topological polar surface area (TPSA) is 21.3 Å². The highest BCUT2D eigenvalue weighted by Crippen LogP contribution is 2.14. The van der Waals surface area contributed by atoms with E-state index in [0.717, 1.165) is 19.8 Å². The smallest absolute Gasteiger partial charge is 0.0529 e. The van der Waals surface area contributed by atoms with Crippen LogP contribution in [0, 0.1) is 5.92 Å². The Bertz CT molecular complexity index is 136. The van der Waals surface area contributed by atoms with Crippen molar-refractivity contribution in [3.63, 3.8) is 0 Å². The van der Waals surface area contributed by atoms with Crippen molar-refractivity contribution in [1.29, 1.82) is 0 Å². The molecule has 0 aromatic rings. The monoisotopic (exact) mass is 155 g/mol. The second-order valence-electron chi connectivity index (χ2n) is 3.17. The molecule has 0 radical (unpaired) electrons. The van der Waals surface area contributed by atoms with E-state index in [1.54, 1.807) is 0 Å². The van der Waals surface area contributed by atoms with Crippen molar-refractivity contribution in [2.45, 2.75) is 13.3 Å². The predicted molar refractivity (Wildman–Crippen MR) is 46.6 cm³/mol. The standard InChI is InChI=1S/C9H17NO/c1-8(6-10-2)5-9-3-4-11-7-9/h5,9-10H,3-4,6-7H2,1-2H3. The summed E-state index contributed by atoms with van der Waals surface area (Å²) < 4.78 is 5.27. The Hall–Kier alpha value is -0.340. The molecule has 64 valence electrons. The Balaban J connectivity index is 2.30. The van der Waals surface area contributed by atoms with Gasteiger partial charge in [-0.25, -0.2) is 0 Å². The quantitative estimate of drug-likeness (QED) is 0.618. The van der Waals surface area contributed by atoms with Crippen molar-refractivity contribution < 1.29 is 4.74 Å². The normalized spacial score (nSPS) is 26.0. The summed E-state index contributed by atoms with van der Waals surface area (Å²) in [7, 11) is 1.97. The van der Waals surface area contributed by atoms with Gasteiger partial charge in [0, 0.05) is 19.1 Å². The van der Waals surface area contributed by atoms with Gasteiger partial charge in [0.2, 0.25) is 0 Å². The molecule has 0 aromatic heterocycles. The molecule has 1 heterocycles. The molecule has 1 aliphatic heterocycles. The Kier molecular flexibility index (Phi) is 3.60. The van der Waals surface area contributed by atoms with E-state index >= 15 is 0 Å². The molecule has 1 N–H and O–H groups in total. The zero-order valence-corrected chi connectivity index (χ0v) is 7.39. The summed E-state index contributed by atoms with van der Waals surface area (Å²) in [6.45, 7) is 5.01. The first-order valence-electron chi connectivity index (χ1n) is 4.22. The number of likely N-dealkylation sites (N-methyl/N-ethyl adjacent to an activating group) is 1. The number of ether oxygens (including phenoxy) is 1. The first-order chi connectivity index (χ1) is 5.33. The summed E-state index contributed by atoms with van der Waals surface area (Å²) in [6.07, 6.45) is 3.52. The van der Waals surface area contributed by atoms with E-state index in [2.05, 4.69) is 18.3 Å². The number of rotatable bonds is 3. The fraction of sp³-hybridized carbons (Fsp3) is 0.778. The van der Waals surface area contributed by atoms with Crippen molar-refractivity contribution in [3.05, 3.63) is 11.6 Å². The van der Waals surface area contributed by atoms with Gasteiger partial charge in [0.1, 0.15) is 0 Å². The van der Waals surface area contributed by atoms with Crippen LogP contribution in [0.25, 0.3) is 0 Å². The van der Waals surface area contributed by atoms with Gasteiger partial charge in [-0.3, -0.25) is 0 Å². The second-order valence-corrected chi connectivity index (χ2v) is 3.17. The lowest BCUT2D eigenvalue weighted by molar-refractivity contribution is 0.191. The van der Waals surface area contributed by atoms with Crippen LogP contribution in [0.4, 0.5) is 0 Å². The lowest BCUT2D eigenvalue weighted by Crippen LogP contribution is -2.09. The van der Waals surface area contributed by atoms with Crippen molar-refractivity contribution in [2.75, 3.05) is 26.8 Å². The first-order valence-corrected chi connectivity index (χ1v) is 4.22. The largest absolute Gasteiger partial charge is 0.381 e. The van der Waals surface area contributed by atoms with E-state index in [1.165, 1.54) is 12.0 Å². The van der Waals surface area contributed by atoms with Crippen LogP contribution >= 0.6 is 0 Å². The summed E-state index contributed by atoms with van der Waals surface area (Å²) in [5.74, 6) is 0.670. The molecule has 1 aliphatic rings. The Labute approximate surface area is 68.6 Å². The van der Waals surface area contributed by atoms with E-state index in [1.807, 2.05) is 7.05 Å². The van der Waals surface area contributed by atoms with E-state index in [9.17, 15) is 0 Å². The van der Waals surface area contributed by atoms with Crippen molar-refractivity contribution in [3.8, 4) is 0 Å². The molecule has 0 saturated carbocycles. The molecule has 0 amide bonds. The van der Waals surface area contributed by atoms with Gasteiger partial charge in [-0.1, -0.05) is 11.6 Å². The SMILES string of the molecule is CNCC(C)=CC1CCOC1. The van der Waals surface area contributed by atoms with Crippen LogP contribution in [0.5, 0.6) is 0 Å². The maximum absolute atomic E-state index is 5.27. The third-order valence-electron chi connectivity index (χ3n) is 1.94. The fourth-order valence-electron chi connectivity index (χ4n) is 1.42. The summed E-state index contributed by atoms with van der Waals surface area (Å²) >= 11 is 0. The number of nitrogens with one attached hydrogen (secondary N) is 1. The highest BCUT2D eigenvalue weighted by atomic mass is 16.5. The molecule has 1 unspecified atom stereocenters. The van der Waals surface area contributed by atoms with Crippen molar-refractivity contribution >= 4 is 0 Å². The minimum absolute atomic E-state index is 0.670. The van der Waals surface area contributed by atoms with Gasteiger partial charge in [-0.15, -0.1) is 0 Å². The van der Waals surface area contributed by atoms with Crippen LogP contribution in [-0.2, 0) is 4.74 Å². The van der Waals surface area contributed by atoms with Crippen LogP contribution in [0.2, 0.25) is 0 Å². The molecule has 1 saturated heterocycles. The van der Waals surface area contributed by atoms with Gasteiger partial charge >= 0.3 is 0 Å². The molecule has 0 aromatic carbocycles. The van der Waals surface area contributed by atoms with Crippen LogP contribution in [0.15, 0.2) is 11.6 Å². The van der Waals surface area contributed by atoms with Crippen LogP contribution in [-0.4, -0.2) is 26.8 Å². The molecular weight excluding hydrogens is 138 g/mol. The molecule has 0 spiro atoms. The maximum Gasteiger partial charge on any atom is 0.0529 e. The molecule has 1 fully saturated rings. The Morgan fingerprint density at radius 2 is 2.55 bits per heavy atom. The van der Waals surface area contributed by atoms with E-state index < -0.39 is 0 Å². The second kappa shape index (κ2) is 4.52. The van der Waals surface area contributed by atoms with E-state index in [4.69, 9.17) is 4.74 Å². The molecule has 1 rings (SSSR count). The van der Waals surface area contributed by atoms with Crippen LogP contribution < -0.4 is 5.32 Å². The highest BCUT2D eigenvalue weighted by molar-refractivity contribution is 5.03. The van der Waals surface area contributed by atoms with Crippen molar-refractivity contribution in [2.24, 2.45) is 5.92 Å². The molecule has 1 atom stereocenters. The lowest BCUT2D eigenvalue weighted by Gasteiger charge is -2.03. The zero-order valence-electron chi connectivity index (χ0n) is 7.39. The average molecular weight is 155 g/mol. The average Bonchev–Trinajstić information content (AvgIpc) is 2.40.